The Bertz CT molecular complexity index is 858. The van der Waals surface area contributed by atoms with E-state index in [0.717, 1.165) is 34.7 Å². The molecule has 7 heteroatoms. The SMILES string of the molecule is CCC(C)Sc1ccc(NC(=O)CCNC(=O)c2ccc(F)cc2F)c(C)c1. The summed E-state index contributed by atoms with van der Waals surface area (Å²) in [7, 11) is 0. The lowest BCUT2D eigenvalue weighted by atomic mass is 10.2. The molecule has 150 valence electrons. The molecule has 2 aromatic rings. The molecule has 2 N–H and O–H groups in total. The second kappa shape index (κ2) is 10.2. The number of hydrogen-bond donors (Lipinski definition) is 2. The molecule has 0 aliphatic rings. The van der Waals surface area contributed by atoms with Crippen LogP contribution in [0.15, 0.2) is 41.3 Å². The molecule has 1 unspecified atom stereocenters. The van der Waals surface area contributed by atoms with E-state index in [-0.39, 0.29) is 24.4 Å². The van der Waals surface area contributed by atoms with Crippen LogP contribution in [-0.2, 0) is 4.79 Å². The molecule has 4 nitrogen and oxygen atoms in total. The third-order valence-corrected chi connectivity index (χ3v) is 5.46. The van der Waals surface area contributed by atoms with Gasteiger partial charge in [-0.05, 0) is 49.2 Å². The Morgan fingerprint density at radius 2 is 1.89 bits per heavy atom. The van der Waals surface area contributed by atoms with Crippen molar-refractivity contribution in [2.75, 3.05) is 11.9 Å². The van der Waals surface area contributed by atoms with Gasteiger partial charge in [0.2, 0.25) is 5.91 Å². The van der Waals surface area contributed by atoms with Crippen molar-refractivity contribution in [3.05, 3.63) is 59.2 Å². The zero-order valence-corrected chi connectivity index (χ0v) is 17.0. The van der Waals surface area contributed by atoms with Gasteiger partial charge in [0.25, 0.3) is 5.91 Å². The maximum Gasteiger partial charge on any atom is 0.254 e. The maximum absolute atomic E-state index is 13.6. The van der Waals surface area contributed by atoms with Crippen LogP contribution in [0.25, 0.3) is 0 Å². The summed E-state index contributed by atoms with van der Waals surface area (Å²) in [6.45, 7) is 6.28. The van der Waals surface area contributed by atoms with Crippen LogP contribution in [0.4, 0.5) is 14.5 Å². The highest BCUT2D eigenvalue weighted by atomic mass is 32.2. The fourth-order valence-electron chi connectivity index (χ4n) is 2.44. The van der Waals surface area contributed by atoms with Crippen LogP contribution >= 0.6 is 11.8 Å². The number of amides is 2. The zero-order chi connectivity index (χ0) is 20.7. The Hall–Kier alpha value is -2.41. The van der Waals surface area contributed by atoms with E-state index in [1.165, 1.54) is 0 Å². The Morgan fingerprint density at radius 1 is 1.14 bits per heavy atom. The molecule has 0 saturated carbocycles. The van der Waals surface area contributed by atoms with E-state index in [9.17, 15) is 18.4 Å². The Labute approximate surface area is 168 Å². The van der Waals surface area contributed by atoms with E-state index in [4.69, 9.17) is 0 Å². The summed E-state index contributed by atoms with van der Waals surface area (Å²) in [6, 6.07) is 8.60. The third kappa shape index (κ3) is 6.34. The van der Waals surface area contributed by atoms with E-state index in [1.54, 1.807) is 11.8 Å². The molecule has 2 aromatic carbocycles. The van der Waals surface area contributed by atoms with Crippen LogP contribution in [0, 0.1) is 18.6 Å². The largest absolute Gasteiger partial charge is 0.351 e. The number of aryl methyl sites for hydroxylation is 1. The number of thioether (sulfide) groups is 1. The molecule has 0 aliphatic carbocycles. The molecule has 0 aromatic heterocycles. The highest BCUT2D eigenvalue weighted by molar-refractivity contribution is 7.99. The topological polar surface area (TPSA) is 58.2 Å². The van der Waals surface area contributed by atoms with Gasteiger partial charge in [-0.2, -0.15) is 0 Å². The minimum absolute atomic E-state index is 0.0391. The third-order valence-electron chi connectivity index (χ3n) is 4.20. The van der Waals surface area contributed by atoms with Crippen molar-refractivity contribution in [3.8, 4) is 0 Å². The average Bonchev–Trinajstić information content (AvgIpc) is 2.63. The molecule has 0 radical (unpaired) electrons. The van der Waals surface area contributed by atoms with Crippen LogP contribution in [-0.4, -0.2) is 23.6 Å². The molecular formula is C21H24F2N2O2S. The minimum atomic E-state index is -0.937. The van der Waals surface area contributed by atoms with Crippen molar-refractivity contribution in [2.45, 2.75) is 43.8 Å². The maximum atomic E-state index is 13.6. The molecule has 0 aliphatic heterocycles. The Morgan fingerprint density at radius 3 is 2.54 bits per heavy atom. The smallest absolute Gasteiger partial charge is 0.254 e. The molecule has 0 heterocycles. The summed E-state index contributed by atoms with van der Waals surface area (Å²) in [6.07, 6.45) is 1.12. The number of hydrogen-bond acceptors (Lipinski definition) is 3. The van der Waals surface area contributed by atoms with E-state index < -0.39 is 17.5 Å². The first kappa shape index (κ1) is 21.9. The van der Waals surface area contributed by atoms with Gasteiger partial charge in [0, 0.05) is 34.9 Å². The van der Waals surface area contributed by atoms with E-state index >= 15 is 0 Å². The molecule has 0 fully saturated rings. The van der Waals surface area contributed by atoms with Crippen LogP contribution in [0.3, 0.4) is 0 Å². The normalized spacial score (nSPS) is 11.8. The first-order chi connectivity index (χ1) is 13.3. The van der Waals surface area contributed by atoms with Crippen LogP contribution in [0.2, 0.25) is 0 Å². The van der Waals surface area contributed by atoms with Gasteiger partial charge in [0.05, 0.1) is 5.56 Å². The molecular weight excluding hydrogens is 382 g/mol. The molecule has 2 rings (SSSR count). The van der Waals surface area contributed by atoms with Crippen molar-refractivity contribution >= 4 is 29.3 Å². The number of benzene rings is 2. The number of carbonyl (C=O) groups is 2. The predicted octanol–water partition coefficient (Wildman–Crippen LogP) is 4.92. The van der Waals surface area contributed by atoms with E-state index in [0.29, 0.717) is 11.3 Å². The monoisotopic (exact) mass is 406 g/mol. The van der Waals surface area contributed by atoms with Gasteiger partial charge in [0.15, 0.2) is 0 Å². The van der Waals surface area contributed by atoms with Gasteiger partial charge in [-0.3, -0.25) is 9.59 Å². The standard InChI is InChI=1S/C21H24F2N2O2S/c1-4-14(3)28-16-6-8-19(13(2)11-16)25-20(26)9-10-24-21(27)17-7-5-15(22)12-18(17)23/h5-8,11-12,14H,4,9-10H2,1-3H3,(H,24,27)(H,25,26). The first-order valence-electron chi connectivity index (χ1n) is 9.10. The fourth-order valence-corrected chi connectivity index (χ4v) is 3.46. The second-order valence-corrected chi connectivity index (χ2v) is 8.00. The Balaban J connectivity index is 1.84. The Kier molecular flexibility index (Phi) is 7.99. The minimum Gasteiger partial charge on any atom is -0.351 e. The summed E-state index contributed by atoms with van der Waals surface area (Å²) < 4.78 is 26.5. The lowest BCUT2D eigenvalue weighted by Crippen LogP contribution is -2.28. The van der Waals surface area contributed by atoms with E-state index in [1.807, 2.05) is 25.1 Å². The molecule has 0 bridgehead atoms. The second-order valence-electron chi connectivity index (χ2n) is 6.49. The summed E-state index contributed by atoms with van der Waals surface area (Å²) in [5.41, 5.74) is 1.42. The average molecular weight is 406 g/mol. The van der Waals surface area contributed by atoms with Crippen LogP contribution in [0.1, 0.15) is 42.6 Å². The summed E-state index contributed by atoms with van der Waals surface area (Å²) in [5.74, 6) is -2.64. The summed E-state index contributed by atoms with van der Waals surface area (Å²) in [4.78, 5) is 25.2. The number of nitrogens with one attached hydrogen (secondary N) is 2. The predicted molar refractivity (Wildman–Crippen MR) is 109 cm³/mol. The van der Waals surface area contributed by atoms with Crippen molar-refractivity contribution < 1.29 is 18.4 Å². The molecule has 2 amide bonds. The number of carbonyl (C=O) groups excluding carboxylic acids is 2. The van der Waals surface area contributed by atoms with Crippen LogP contribution < -0.4 is 10.6 Å². The van der Waals surface area contributed by atoms with Crippen LogP contribution in [0.5, 0.6) is 0 Å². The lowest BCUT2D eigenvalue weighted by molar-refractivity contribution is -0.116. The number of anilines is 1. The van der Waals surface area contributed by atoms with Gasteiger partial charge in [-0.15, -0.1) is 11.8 Å². The molecule has 0 saturated heterocycles. The van der Waals surface area contributed by atoms with E-state index in [2.05, 4.69) is 24.5 Å². The van der Waals surface area contributed by atoms with Crippen molar-refractivity contribution in [1.29, 1.82) is 0 Å². The highest BCUT2D eigenvalue weighted by Gasteiger charge is 2.13. The number of halogens is 2. The van der Waals surface area contributed by atoms with Gasteiger partial charge in [0.1, 0.15) is 11.6 Å². The van der Waals surface area contributed by atoms with Gasteiger partial charge in [-0.25, -0.2) is 8.78 Å². The lowest BCUT2D eigenvalue weighted by Gasteiger charge is -2.12. The highest BCUT2D eigenvalue weighted by Crippen LogP contribution is 2.28. The quantitative estimate of drug-likeness (QED) is 0.612. The molecule has 1 atom stereocenters. The van der Waals surface area contributed by atoms with Crippen molar-refractivity contribution in [2.24, 2.45) is 0 Å². The molecule has 28 heavy (non-hydrogen) atoms. The summed E-state index contributed by atoms with van der Waals surface area (Å²) in [5, 5.41) is 5.80. The summed E-state index contributed by atoms with van der Waals surface area (Å²) >= 11 is 1.79. The fraction of sp³-hybridized carbons (Fsp3) is 0.333. The van der Waals surface area contributed by atoms with Gasteiger partial charge in [-0.1, -0.05) is 13.8 Å². The van der Waals surface area contributed by atoms with Crippen molar-refractivity contribution in [3.63, 3.8) is 0 Å². The number of rotatable bonds is 8. The first-order valence-corrected chi connectivity index (χ1v) is 9.98. The molecule has 0 spiro atoms. The zero-order valence-electron chi connectivity index (χ0n) is 16.1. The van der Waals surface area contributed by atoms with Gasteiger partial charge >= 0.3 is 0 Å². The van der Waals surface area contributed by atoms with Gasteiger partial charge < -0.3 is 10.6 Å². The van der Waals surface area contributed by atoms with Crippen molar-refractivity contribution in [1.82, 2.24) is 5.32 Å².